The third-order valence-electron chi connectivity index (χ3n) is 13.9. The summed E-state index contributed by atoms with van der Waals surface area (Å²) in [7, 11) is 0. The van der Waals surface area contributed by atoms with Gasteiger partial charge in [-0.1, -0.05) is 181 Å². The van der Waals surface area contributed by atoms with Crippen molar-refractivity contribution in [2.75, 3.05) is 0 Å². The van der Waals surface area contributed by atoms with Gasteiger partial charge in [-0.3, -0.25) is 0 Å². The molecule has 0 unspecified atom stereocenters. The second kappa shape index (κ2) is 18.2. The fraction of sp³-hybridized carbons (Fsp3) is 0. The number of aromatic nitrogens is 6. The molecule has 0 saturated heterocycles. The van der Waals surface area contributed by atoms with Crippen molar-refractivity contribution in [3.63, 3.8) is 0 Å². The summed E-state index contributed by atoms with van der Waals surface area (Å²) >= 11 is 0. The van der Waals surface area contributed by atoms with Crippen LogP contribution in [0.5, 0.6) is 0 Å². The Morgan fingerprint density at radius 1 is 0.288 bits per heavy atom. The van der Waals surface area contributed by atoms with Crippen molar-refractivity contribution < 1.29 is 20.1 Å². The van der Waals surface area contributed by atoms with Gasteiger partial charge in [0, 0.05) is 18.6 Å². The minimum Gasteiger partial charge on any atom is -0.360 e. The molecule has 0 fully saturated rings. The van der Waals surface area contributed by atoms with Crippen LogP contribution in [-0.2, 0) is 20.1 Å². The van der Waals surface area contributed by atoms with Crippen LogP contribution in [0.3, 0.4) is 0 Å². The maximum absolute atomic E-state index is 5.18. The Bertz CT molecular complexity index is 4170. The summed E-state index contributed by atoms with van der Waals surface area (Å²) in [6.45, 7) is 0. The topological polar surface area (TPSA) is 77.3 Å². The van der Waals surface area contributed by atoms with Crippen LogP contribution in [0.2, 0.25) is 0 Å². The summed E-state index contributed by atoms with van der Waals surface area (Å²) in [6.07, 6.45) is 13.1. The second-order valence-corrected chi connectivity index (χ2v) is 18.0. The zero-order valence-corrected chi connectivity index (χ0v) is 41.3. The smallest absolute Gasteiger partial charge is 0.360 e. The summed E-state index contributed by atoms with van der Waals surface area (Å²) in [6, 6.07) is 74.3. The Morgan fingerprint density at radius 3 is 1.12 bits per heavy atom. The largest absolute Gasteiger partial charge is 3.00 e. The van der Waals surface area contributed by atoms with E-state index in [-0.39, 0.29) is 20.1 Å². The Labute approximate surface area is 434 Å². The standard InChI is InChI=1S/C66H37N6.Ir/c1-2-16-49(48(15-1)41-27-28-62(70-38-41)42-14-11-29-67-37-42)43-32-44(50-17-3-5-19-52(50)46-35-60-54-21-7-9-23-56(54)63-58(25-12-30-68-63)65(60)71-39-46)34-45(33-43)51-18-4-6-20-53(51)47-36-61-55-22-8-10-24-57(55)64-59(26-13-31-69-64)66(61)72-40-47;/h1-13,15-24,27-40H;/q-3;+3. The molecule has 0 saturated carbocycles. The van der Waals surface area contributed by atoms with Gasteiger partial charge in [-0.05, 0) is 145 Å². The zero-order valence-electron chi connectivity index (χ0n) is 38.9. The maximum atomic E-state index is 5.18. The van der Waals surface area contributed by atoms with Crippen LogP contribution < -0.4 is 0 Å². The van der Waals surface area contributed by atoms with Crippen molar-refractivity contribution in [1.29, 1.82) is 0 Å². The predicted octanol–water partition coefficient (Wildman–Crippen LogP) is 16.0. The maximum Gasteiger partial charge on any atom is 3.00 e. The summed E-state index contributed by atoms with van der Waals surface area (Å²) in [5.41, 5.74) is 18.0. The van der Waals surface area contributed by atoms with E-state index in [0.29, 0.717) is 0 Å². The average Bonchev–Trinajstić information content (AvgIpc) is 3.47. The molecular formula is C66H37IrN6. The summed E-state index contributed by atoms with van der Waals surface area (Å²) in [5.74, 6) is 0. The molecule has 7 heteroatoms. The van der Waals surface area contributed by atoms with Crippen molar-refractivity contribution >= 4 is 65.2 Å². The molecular weight excluding hydrogens is 1070 g/mol. The first-order valence-corrected chi connectivity index (χ1v) is 23.9. The Hall–Kier alpha value is -9.13. The minimum atomic E-state index is 0. The molecule has 6 aromatic heterocycles. The molecule has 0 spiro atoms. The molecule has 340 valence electrons. The Kier molecular flexibility index (Phi) is 11.0. The van der Waals surface area contributed by atoms with E-state index in [1.165, 1.54) is 0 Å². The molecule has 73 heavy (non-hydrogen) atoms. The fourth-order valence-electron chi connectivity index (χ4n) is 10.6. The molecule has 0 aliphatic carbocycles. The molecule has 0 aliphatic heterocycles. The van der Waals surface area contributed by atoms with E-state index in [9.17, 15) is 0 Å². The Balaban J connectivity index is 0.00000516. The molecule has 6 heterocycles. The number of nitrogens with zero attached hydrogens (tertiary/aromatic N) is 6. The number of hydrogen-bond acceptors (Lipinski definition) is 6. The summed E-state index contributed by atoms with van der Waals surface area (Å²) in [4.78, 5) is 29.1. The van der Waals surface area contributed by atoms with Crippen LogP contribution >= 0.6 is 0 Å². The van der Waals surface area contributed by atoms with Gasteiger partial charge in [-0.25, -0.2) is 0 Å². The molecule has 0 radical (unpaired) electrons. The molecule has 8 aromatic carbocycles. The number of benzene rings is 8. The van der Waals surface area contributed by atoms with Crippen LogP contribution in [0.1, 0.15) is 0 Å². The van der Waals surface area contributed by atoms with E-state index in [1.54, 1.807) is 24.8 Å². The quantitative estimate of drug-likeness (QED) is 0.117. The van der Waals surface area contributed by atoms with E-state index in [4.69, 9.17) is 24.9 Å². The number of fused-ring (bicyclic) bond motifs is 12. The van der Waals surface area contributed by atoms with Crippen molar-refractivity contribution in [3.8, 4) is 78.0 Å². The van der Waals surface area contributed by atoms with Gasteiger partial charge in [0.25, 0.3) is 0 Å². The van der Waals surface area contributed by atoms with Crippen molar-refractivity contribution in [2.24, 2.45) is 0 Å². The third kappa shape index (κ3) is 7.53. The summed E-state index contributed by atoms with van der Waals surface area (Å²) < 4.78 is 0. The van der Waals surface area contributed by atoms with Crippen molar-refractivity contribution in [3.05, 3.63) is 244 Å². The molecule has 0 amide bonds. The van der Waals surface area contributed by atoms with Gasteiger partial charge in [0.2, 0.25) is 0 Å². The first-order valence-electron chi connectivity index (χ1n) is 23.9. The van der Waals surface area contributed by atoms with E-state index in [0.717, 1.165) is 143 Å². The molecule has 6 nitrogen and oxygen atoms in total. The number of rotatable bonds is 7. The normalized spacial score (nSPS) is 11.5. The van der Waals surface area contributed by atoms with Gasteiger partial charge in [0.15, 0.2) is 0 Å². The molecule has 14 rings (SSSR count). The predicted molar refractivity (Wildman–Crippen MR) is 293 cm³/mol. The van der Waals surface area contributed by atoms with Crippen molar-refractivity contribution in [1.82, 2.24) is 29.9 Å². The van der Waals surface area contributed by atoms with Gasteiger partial charge in [-0.15, -0.1) is 42.0 Å². The van der Waals surface area contributed by atoms with Gasteiger partial charge < -0.3 is 29.9 Å². The first-order chi connectivity index (χ1) is 35.7. The molecule has 0 N–H and O–H groups in total. The SMILES string of the molecule is [Ir+3].[c-]1ccncc1-c1ccc(-c2ccccc2-c2cc(-c3ccccc3-c3cnc4c5[c-]ccnc5c5ccccc5c4c3)cc(-c3ccccc3-c3cnc4c5[c-]ccnc5c5ccccc5c4c3)c2)cn1. The first kappa shape index (κ1) is 43.9. The minimum absolute atomic E-state index is 0. The molecule has 0 bridgehead atoms. The molecule has 14 aromatic rings. The number of pyridine rings is 6. The van der Waals surface area contributed by atoms with Gasteiger partial charge in [-0.2, -0.15) is 0 Å². The summed E-state index contributed by atoms with van der Waals surface area (Å²) in [5, 5.41) is 8.33. The second-order valence-electron chi connectivity index (χ2n) is 18.0. The van der Waals surface area contributed by atoms with E-state index in [1.807, 2.05) is 42.9 Å². The van der Waals surface area contributed by atoms with Crippen LogP contribution in [-0.4, -0.2) is 29.9 Å². The van der Waals surface area contributed by atoms with Crippen LogP contribution in [0.25, 0.3) is 143 Å². The Morgan fingerprint density at radius 2 is 0.685 bits per heavy atom. The van der Waals surface area contributed by atoms with E-state index < -0.39 is 0 Å². The average molecular weight is 1110 g/mol. The third-order valence-corrected chi connectivity index (χ3v) is 13.9. The van der Waals surface area contributed by atoms with E-state index in [2.05, 4.69) is 181 Å². The van der Waals surface area contributed by atoms with E-state index >= 15 is 0 Å². The van der Waals surface area contributed by atoms with Gasteiger partial charge >= 0.3 is 20.1 Å². The van der Waals surface area contributed by atoms with Crippen LogP contribution in [0.4, 0.5) is 0 Å². The monoisotopic (exact) mass is 1110 g/mol. The van der Waals surface area contributed by atoms with Gasteiger partial charge in [0.05, 0.1) is 0 Å². The molecule has 0 atom stereocenters. The van der Waals surface area contributed by atoms with Gasteiger partial charge in [0.1, 0.15) is 0 Å². The number of hydrogen-bond donors (Lipinski definition) is 0. The van der Waals surface area contributed by atoms with Crippen LogP contribution in [0, 0.1) is 18.2 Å². The zero-order chi connectivity index (χ0) is 47.5. The fourth-order valence-corrected chi connectivity index (χ4v) is 10.6. The van der Waals surface area contributed by atoms with Crippen molar-refractivity contribution in [2.45, 2.75) is 0 Å². The van der Waals surface area contributed by atoms with Crippen LogP contribution in [0.15, 0.2) is 225 Å². The molecule has 0 aliphatic rings.